The molecular formula is C13H28N2. The van der Waals surface area contributed by atoms with Crippen LogP contribution >= 0.6 is 0 Å². The van der Waals surface area contributed by atoms with Crippen LogP contribution in [0.15, 0.2) is 0 Å². The lowest BCUT2D eigenvalue weighted by Gasteiger charge is -2.31. The van der Waals surface area contributed by atoms with Gasteiger partial charge < -0.3 is 10.6 Å². The molecule has 1 unspecified atom stereocenters. The van der Waals surface area contributed by atoms with E-state index in [0.717, 1.165) is 5.92 Å². The van der Waals surface area contributed by atoms with Gasteiger partial charge in [0.15, 0.2) is 0 Å². The summed E-state index contributed by atoms with van der Waals surface area (Å²) in [5, 5.41) is 0. The van der Waals surface area contributed by atoms with E-state index in [1.807, 2.05) is 0 Å². The van der Waals surface area contributed by atoms with E-state index in [1.54, 1.807) is 0 Å². The first-order valence-corrected chi connectivity index (χ1v) is 6.70. The molecule has 90 valence electrons. The Morgan fingerprint density at radius 1 is 1.27 bits per heavy atom. The maximum atomic E-state index is 5.73. The van der Waals surface area contributed by atoms with Crippen LogP contribution in [0.5, 0.6) is 0 Å². The number of nitrogens with two attached hydrogens (primary N) is 1. The molecule has 1 rings (SSSR count). The normalized spacial score (nSPS) is 21.8. The first-order valence-electron chi connectivity index (χ1n) is 6.70. The quantitative estimate of drug-likeness (QED) is 0.686. The number of rotatable bonds is 6. The van der Waals surface area contributed by atoms with Gasteiger partial charge in [-0.2, -0.15) is 0 Å². The average Bonchev–Trinajstić information content (AvgIpc) is 2.25. The molecule has 0 aromatic rings. The van der Waals surface area contributed by atoms with Gasteiger partial charge in [0.25, 0.3) is 0 Å². The number of likely N-dealkylation sites (tertiary alicyclic amines) is 1. The molecule has 1 aliphatic rings. The number of unbranched alkanes of at least 4 members (excludes halogenated alkanes) is 1. The SMILES string of the molecule is CCC1CCN(CCCCC(C)N)CC1. The van der Waals surface area contributed by atoms with Gasteiger partial charge in [-0.05, 0) is 58.2 Å². The fraction of sp³-hybridized carbons (Fsp3) is 1.00. The van der Waals surface area contributed by atoms with Crippen molar-refractivity contribution in [3.8, 4) is 0 Å². The van der Waals surface area contributed by atoms with E-state index < -0.39 is 0 Å². The van der Waals surface area contributed by atoms with Crippen molar-refractivity contribution in [2.75, 3.05) is 19.6 Å². The number of hydrogen-bond acceptors (Lipinski definition) is 2. The second-order valence-electron chi connectivity index (χ2n) is 5.17. The Morgan fingerprint density at radius 2 is 1.93 bits per heavy atom. The van der Waals surface area contributed by atoms with Crippen LogP contribution in [0.3, 0.4) is 0 Å². The lowest BCUT2D eigenvalue weighted by Crippen LogP contribution is -2.34. The highest BCUT2D eigenvalue weighted by Gasteiger charge is 2.16. The molecule has 0 aliphatic carbocycles. The molecule has 2 nitrogen and oxygen atoms in total. The topological polar surface area (TPSA) is 29.3 Å². The monoisotopic (exact) mass is 212 g/mol. The van der Waals surface area contributed by atoms with Crippen LogP contribution < -0.4 is 5.73 Å². The smallest absolute Gasteiger partial charge is 0.00104 e. The molecule has 1 atom stereocenters. The van der Waals surface area contributed by atoms with Gasteiger partial charge in [-0.3, -0.25) is 0 Å². The van der Waals surface area contributed by atoms with Crippen molar-refractivity contribution < 1.29 is 0 Å². The van der Waals surface area contributed by atoms with Crippen LogP contribution in [0, 0.1) is 5.92 Å². The summed E-state index contributed by atoms with van der Waals surface area (Å²) in [6.45, 7) is 8.38. The summed E-state index contributed by atoms with van der Waals surface area (Å²) < 4.78 is 0. The highest BCUT2D eigenvalue weighted by atomic mass is 15.1. The summed E-state index contributed by atoms with van der Waals surface area (Å²) in [6, 6.07) is 0.385. The molecule has 2 heteroatoms. The molecule has 1 saturated heterocycles. The Labute approximate surface area is 95.2 Å². The lowest BCUT2D eigenvalue weighted by molar-refractivity contribution is 0.178. The minimum absolute atomic E-state index is 0.385. The van der Waals surface area contributed by atoms with Crippen LogP contribution in [-0.2, 0) is 0 Å². The maximum Gasteiger partial charge on any atom is 0.00104 e. The maximum absolute atomic E-state index is 5.73. The third-order valence-electron chi connectivity index (χ3n) is 3.67. The molecule has 15 heavy (non-hydrogen) atoms. The first-order chi connectivity index (χ1) is 7.22. The molecule has 1 aliphatic heterocycles. The van der Waals surface area contributed by atoms with Crippen molar-refractivity contribution in [3.05, 3.63) is 0 Å². The average molecular weight is 212 g/mol. The van der Waals surface area contributed by atoms with E-state index in [-0.39, 0.29) is 0 Å². The largest absolute Gasteiger partial charge is 0.328 e. The molecular weight excluding hydrogens is 184 g/mol. The van der Waals surface area contributed by atoms with Crippen molar-refractivity contribution in [3.63, 3.8) is 0 Å². The highest BCUT2D eigenvalue weighted by Crippen LogP contribution is 2.20. The van der Waals surface area contributed by atoms with Crippen LogP contribution in [0.25, 0.3) is 0 Å². The Bertz CT molecular complexity index is 149. The fourth-order valence-corrected chi connectivity index (χ4v) is 2.42. The van der Waals surface area contributed by atoms with E-state index in [2.05, 4.69) is 18.7 Å². The van der Waals surface area contributed by atoms with Gasteiger partial charge in [0.2, 0.25) is 0 Å². The summed E-state index contributed by atoms with van der Waals surface area (Å²) >= 11 is 0. The molecule has 1 heterocycles. The number of piperidine rings is 1. The molecule has 2 N–H and O–H groups in total. The van der Waals surface area contributed by atoms with Gasteiger partial charge in [-0.25, -0.2) is 0 Å². The fourth-order valence-electron chi connectivity index (χ4n) is 2.42. The summed E-state index contributed by atoms with van der Waals surface area (Å²) in [7, 11) is 0. The molecule has 0 spiro atoms. The predicted molar refractivity (Wildman–Crippen MR) is 67.0 cm³/mol. The zero-order valence-electron chi connectivity index (χ0n) is 10.5. The van der Waals surface area contributed by atoms with Gasteiger partial charge in [0, 0.05) is 6.04 Å². The Balaban J connectivity index is 1.99. The first kappa shape index (κ1) is 13.0. The predicted octanol–water partition coefficient (Wildman–Crippen LogP) is 2.63. The van der Waals surface area contributed by atoms with Crippen molar-refractivity contribution in [1.29, 1.82) is 0 Å². The third kappa shape index (κ3) is 5.53. The van der Waals surface area contributed by atoms with Crippen molar-refractivity contribution in [2.45, 2.75) is 58.4 Å². The van der Waals surface area contributed by atoms with Crippen LogP contribution in [-0.4, -0.2) is 30.6 Å². The Kier molecular flexibility index (Phi) is 6.26. The zero-order valence-corrected chi connectivity index (χ0v) is 10.5. The molecule has 0 amide bonds. The lowest BCUT2D eigenvalue weighted by atomic mass is 9.94. The van der Waals surface area contributed by atoms with Gasteiger partial charge in [-0.15, -0.1) is 0 Å². The zero-order chi connectivity index (χ0) is 11.1. The van der Waals surface area contributed by atoms with Gasteiger partial charge >= 0.3 is 0 Å². The highest BCUT2D eigenvalue weighted by molar-refractivity contribution is 4.71. The Hall–Kier alpha value is -0.0800. The number of hydrogen-bond donors (Lipinski definition) is 1. The van der Waals surface area contributed by atoms with Crippen LogP contribution in [0.2, 0.25) is 0 Å². The van der Waals surface area contributed by atoms with E-state index in [9.17, 15) is 0 Å². The molecule has 0 radical (unpaired) electrons. The minimum Gasteiger partial charge on any atom is -0.328 e. The standard InChI is InChI=1S/C13H28N2/c1-3-13-7-10-15(11-8-13)9-5-4-6-12(2)14/h12-13H,3-11,14H2,1-2H3. The minimum atomic E-state index is 0.385. The third-order valence-corrected chi connectivity index (χ3v) is 3.67. The molecule has 0 aromatic heterocycles. The molecule has 0 bridgehead atoms. The van der Waals surface area contributed by atoms with Crippen molar-refractivity contribution in [1.82, 2.24) is 4.90 Å². The van der Waals surface area contributed by atoms with Crippen molar-refractivity contribution >= 4 is 0 Å². The van der Waals surface area contributed by atoms with Crippen molar-refractivity contribution in [2.24, 2.45) is 11.7 Å². The van der Waals surface area contributed by atoms with E-state index in [1.165, 1.54) is 58.2 Å². The molecule has 1 fully saturated rings. The second kappa shape index (κ2) is 7.24. The van der Waals surface area contributed by atoms with Gasteiger partial charge in [0.05, 0.1) is 0 Å². The van der Waals surface area contributed by atoms with Crippen LogP contribution in [0.4, 0.5) is 0 Å². The second-order valence-corrected chi connectivity index (χ2v) is 5.17. The Morgan fingerprint density at radius 3 is 2.47 bits per heavy atom. The summed E-state index contributed by atoms with van der Waals surface area (Å²) in [5.74, 6) is 1.00. The van der Waals surface area contributed by atoms with Gasteiger partial charge in [-0.1, -0.05) is 19.8 Å². The summed E-state index contributed by atoms with van der Waals surface area (Å²) in [6.07, 6.45) is 8.03. The summed E-state index contributed by atoms with van der Waals surface area (Å²) in [4.78, 5) is 2.63. The number of nitrogens with zero attached hydrogens (tertiary/aromatic N) is 1. The molecule has 0 aromatic carbocycles. The van der Waals surface area contributed by atoms with E-state index in [0.29, 0.717) is 6.04 Å². The van der Waals surface area contributed by atoms with E-state index in [4.69, 9.17) is 5.73 Å². The van der Waals surface area contributed by atoms with Crippen LogP contribution in [0.1, 0.15) is 52.4 Å². The molecule has 0 saturated carbocycles. The van der Waals surface area contributed by atoms with Gasteiger partial charge in [0.1, 0.15) is 0 Å². The van der Waals surface area contributed by atoms with E-state index >= 15 is 0 Å². The summed E-state index contributed by atoms with van der Waals surface area (Å²) in [5.41, 5.74) is 5.73.